The van der Waals surface area contributed by atoms with Crippen molar-refractivity contribution in [1.29, 1.82) is 0 Å². The minimum atomic E-state index is -0.0639. The molecule has 0 saturated carbocycles. The van der Waals surface area contributed by atoms with Crippen molar-refractivity contribution < 1.29 is 9.53 Å². The quantitative estimate of drug-likeness (QED) is 0.285. The Hall–Kier alpha value is -0.570. The summed E-state index contributed by atoms with van der Waals surface area (Å²) in [6.07, 6.45) is 21.9. The molecule has 0 heterocycles. The van der Waals surface area contributed by atoms with E-state index < -0.39 is 0 Å². The maximum Gasteiger partial charge on any atom is 0.245 e. The van der Waals surface area contributed by atoms with Crippen LogP contribution in [0.5, 0.6) is 0 Å². The molecule has 0 aliphatic heterocycles. The van der Waals surface area contributed by atoms with Gasteiger partial charge in [0, 0.05) is 6.54 Å². The van der Waals surface area contributed by atoms with E-state index in [1.165, 1.54) is 96.3 Å². The summed E-state index contributed by atoms with van der Waals surface area (Å²) in [5.74, 6) is -0.0639. The van der Waals surface area contributed by atoms with E-state index in [-0.39, 0.29) is 12.5 Å². The maximum absolute atomic E-state index is 11.1. The molecule has 0 aliphatic carbocycles. The number of carbonyl (C=O) groups is 1. The molecule has 0 aromatic rings. The van der Waals surface area contributed by atoms with Gasteiger partial charge < -0.3 is 10.1 Å². The lowest BCUT2D eigenvalue weighted by Gasteiger charge is -2.05. The highest BCUT2D eigenvalue weighted by molar-refractivity contribution is 5.77. The Labute approximate surface area is 151 Å². The van der Waals surface area contributed by atoms with Crippen molar-refractivity contribution in [2.75, 3.05) is 13.2 Å². The van der Waals surface area contributed by atoms with Crippen LogP contribution in [-0.4, -0.2) is 19.1 Å². The Kier molecular flexibility index (Phi) is 20.0. The lowest BCUT2D eigenvalue weighted by atomic mass is 10.0. The van der Waals surface area contributed by atoms with Crippen LogP contribution >= 0.6 is 0 Å². The third kappa shape index (κ3) is 19.5. The first-order chi connectivity index (χ1) is 11.8. The number of hydrogen-bond donors (Lipinski definition) is 1. The second kappa shape index (κ2) is 20.5. The van der Waals surface area contributed by atoms with Crippen molar-refractivity contribution in [1.82, 2.24) is 5.32 Å². The Morgan fingerprint density at radius 2 is 1.08 bits per heavy atom. The van der Waals surface area contributed by atoms with E-state index >= 15 is 0 Å². The molecule has 0 bridgehead atoms. The minimum Gasteiger partial charge on any atom is -0.369 e. The smallest absolute Gasteiger partial charge is 0.245 e. The van der Waals surface area contributed by atoms with Gasteiger partial charge in [-0.2, -0.15) is 0 Å². The molecule has 0 rings (SSSR count). The minimum absolute atomic E-state index is 0.0639. The van der Waals surface area contributed by atoms with Crippen LogP contribution < -0.4 is 5.32 Å². The van der Waals surface area contributed by atoms with Crippen molar-refractivity contribution in [2.24, 2.45) is 0 Å². The Morgan fingerprint density at radius 3 is 1.46 bits per heavy atom. The molecule has 1 radical (unpaired) electrons. The van der Waals surface area contributed by atoms with Crippen molar-refractivity contribution in [3.63, 3.8) is 0 Å². The fourth-order valence-corrected chi connectivity index (χ4v) is 3.04. The Morgan fingerprint density at radius 1 is 0.708 bits per heavy atom. The van der Waals surface area contributed by atoms with Crippen molar-refractivity contribution >= 4 is 5.91 Å². The average molecular weight is 341 g/mol. The van der Waals surface area contributed by atoms with Gasteiger partial charge in [0.15, 0.2) is 0 Å². The summed E-state index contributed by atoms with van der Waals surface area (Å²) in [6, 6.07) is 0. The number of ether oxygens (including phenoxy) is 1. The van der Waals surface area contributed by atoms with Crippen molar-refractivity contribution in [3.05, 3.63) is 7.11 Å². The molecule has 0 aliphatic rings. The first kappa shape index (κ1) is 23.4. The lowest BCUT2D eigenvalue weighted by Crippen LogP contribution is -2.27. The monoisotopic (exact) mass is 340 g/mol. The topological polar surface area (TPSA) is 38.3 Å². The number of rotatable bonds is 19. The van der Waals surface area contributed by atoms with E-state index in [0.29, 0.717) is 0 Å². The first-order valence-corrected chi connectivity index (χ1v) is 10.4. The second-order valence-corrected chi connectivity index (χ2v) is 7.00. The molecular formula is C21H42NO2. The summed E-state index contributed by atoms with van der Waals surface area (Å²) in [7, 11) is 3.19. The third-order valence-electron chi connectivity index (χ3n) is 4.59. The molecular weight excluding hydrogens is 298 g/mol. The standard InChI is InChI=1S/C21H42NO2/c1-3-4-5-6-7-8-9-10-11-12-13-14-15-16-17-18-19-22-21(23)20-24-2/h2-20H2,1H3,(H,22,23). The highest BCUT2D eigenvalue weighted by atomic mass is 16.5. The lowest BCUT2D eigenvalue weighted by molar-refractivity contribution is -0.124. The van der Waals surface area contributed by atoms with Crippen LogP contribution in [-0.2, 0) is 9.53 Å². The molecule has 0 aromatic heterocycles. The second-order valence-electron chi connectivity index (χ2n) is 7.00. The van der Waals surface area contributed by atoms with Crippen molar-refractivity contribution in [2.45, 2.75) is 110 Å². The highest BCUT2D eigenvalue weighted by Gasteiger charge is 1.98. The maximum atomic E-state index is 11.1. The van der Waals surface area contributed by atoms with Crippen LogP contribution in [0.15, 0.2) is 0 Å². The molecule has 1 N–H and O–H groups in total. The molecule has 0 aromatic carbocycles. The van der Waals surface area contributed by atoms with Gasteiger partial charge in [-0.05, 0) is 6.42 Å². The number of amides is 1. The summed E-state index contributed by atoms with van der Waals surface area (Å²) in [5, 5.41) is 2.83. The van der Waals surface area contributed by atoms with Crippen LogP contribution in [0.2, 0.25) is 0 Å². The Bertz CT molecular complexity index is 256. The van der Waals surface area contributed by atoms with Crippen LogP contribution in [0.25, 0.3) is 0 Å². The van der Waals surface area contributed by atoms with Crippen LogP contribution in [0.3, 0.4) is 0 Å². The van der Waals surface area contributed by atoms with Gasteiger partial charge in [0.1, 0.15) is 6.61 Å². The van der Waals surface area contributed by atoms with E-state index in [4.69, 9.17) is 0 Å². The van der Waals surface area contributed by atoms with Gasteiger partial charge >= 0.3 is 0 Å². The van der Waals surface area contributed by atoms with Gasteiger partial charge in [-0.25, -0.2) is 0 Å². The summed E-state index contributed by atoms with van der Waals surface area (Å²) in [4.78, 5) is 11.1. The summed E-state index contributed by atoms with van der Waals surface area (Å²) in [6.45, 7) is 3.11. The third-order valence-corrected chi connectivity index (χ3v) is 4.59. The van der Waals surface area contributed by atoms with Gasteiger partial charge in [-0.3, -0.25) is 4.79 Å². The van der Waals surface area contributed by atoms with Crippen molar-refractivity contribution in [3.8, 4) is 0 Å². The SMILES string of the molecule is [CH2]OCC(=O)NCCCCCCCCCCCCCCCCCC. The number of nitrogens with one attached hydrogen (secondary N) is 1. The van der Waals surface area contributed by atoms with Gasteiger partial charge in [0.05, 0.1) is 7.11 Å². The number of carbonyl (C=O) groups excluding carboxylic acids is 1. The fraction of sp³-hybridized carbons (Fsp3) is 0.905. The molecule has 3 nitrogen and oxygen atoms in total. The molecule has 0 fully saturated rings. The summed E-state index contributed by atoms with van der Waals surface area (Å²) >= 11 is 0. The zero-order valence-corrected chi connectivity index (χ0v) is 16.3. The van der Waals surface area contributed by atoms with E-state index in [0.717, 1.165) is 13.0 Å². The van der Waals surface area contributed by atoms with Gasteiger partial charge in [0.2, 0.25) is 5.91 Å². The van der Waals surface area contributed by atoms with Crippen LogP contribution in [0.4, 0.5) is 0 Å². The zero-order valence-electron chi connectivity index (χ0n) is 16.3. The fourth-order valence-electron chi connectivity index (χ4n) is 3.04. The van der Waals surface area contributed by atoms with Gasteiger partial charge in [-0.15, -0.1) is 0 Å². The highest BCUT2D eigenvalue weighted by Crippen LogP contribution is 2.13. The summed E-state index contributed by atoms with van der Waals surface area (Å²) < 4.78 is 4.53. The van der Waals surface area contributed by atoms with E-state index in [1.54, 1.807) is 0 Å². The van der Waals surface area contributed by atoms with Gasteiger partial charge in [-0.1, -0.05) is 103 Å². The number of unbranched alkanes of at least 4 members (excludes halogenated alkanes) is 15. The average Bonchev–Trinajstić information content (AvgIpc) is 2.58. The summed E-state index contributed by atoms with van der Waals surface area (Å²) in [5.41, 5.74) is 0. The molecule has 24 heavy (non-hydrogen) atoms. The molecule has 143 valence electrons. The molecule has 3 heteroatoms. The molecule has 0 saturated heterocycles. The molecule has 0 spiro atoms. The zero-order chi connectivity index (χ0) is 17.7. The number of hydrogen-bond acceptors (Lipinski definition) is 2. The Balaban J connectivity index is 3.01. The van der Waals surface area contributed by atoms with Crippen LogP contribution in [0, 0.1) is 7.11 Å². The van der Waals surface area contributed by atoms with E-state index in [2.05, 4.69) is 24.1 Å². The molecule has 0 unspecified atom stereocenters. The molecule has 1 amide bonds. The predicted octanol–water partition coefficient (Wildman–Crippen LogP) is 6.17. The predicted molar refractivity (Wildman–Crippen MR) is 104 cm³/mol. The van der Waals surface area contributed by atoms with Gasteiger partial charge in [0.25, 0.3) is 0 Å². The van der Waals surface area contributed by atoms with E-state index in [1.807, 2.05) is 0 Å². The van der Waals surface area contributed by atoms with Crippen LogP contribution in [0.1, 0.15) is 110 Å². The van der Waals surface area contributed by atoms with E-state index in [9.17, 15) is 4.79 Å². The molecule has 0 atom stereocenters. The normalized spacial score (nSPS) is 10.9. The largest absolute Gasteiger partial charge is 0.369 e. The first-order valence-electron chi connectivity index (χ1n) is 10.4.